The van der Waals surface area contributed by atoms with Crippen LogP contribution in [0.4, 0.5) is 11.4 Å². The van der Waals surface area contributed by atoms with Crippen LogP contribution in [0.2, 0.25) is 0 Å². The summed E-state index contributed by atoms with van der Waals surface area (Å²) < 4.78 is 6.41. The van der Waals surface area contributed by atoms with E-state index in [1.165, 1.54) is 6.07 Å². The first kappa shape index (κ1) is 15.9. The van der Waals surface area contributed by atoms with Gasteiger partial charge in [-0.25, -0.2) is 4.98 Å². The Balaban J connectivity index is 1.85. The number of nitrogens with zero attached hydrogens (tertiary/aromatic N) is 4. The van der Waals surface area contributed by atoms with Crippen LogP contribution < -0.4 is 4.90 Å². The minimum atomic E-state index is -0.369. The van der Waals surface area contributed by atoms with E-state index in [-0.39, 0.29) is 16.7 Å². The maximum atomic E-state index is 11.3. The standard InChI is InChI=1S/C14H16BrN5O3/c1-2-13-16-14(18-17-13)12-8-19(5-6-23-12)10-4-3-9(15)7-11(10)20(21)22/h3-4,7,12H,2,5-6,8H2,1H3,(H,16,17,18). The number of nitro benzene ring substituents is 1. The molecule has 0 radical (unpaired) electrons. The Kier molecular flexibility index (Phi) is 4.58. The first-order chi connectivity index (χ1) is 11.1. The summed E-state index contributed by atoms with van der Waals surface area (Å²) in [6.45, 7) is 3.52. The zero-order valence-electron chi connectivity index (χ0n) is 12.5. The van der Waals surface area contributed by atoms with Crippen molar-refractivity contribution in [1.29, 1.82) is 0 Å². The number of nitro groups is 1. The van der Waals surface area contributed by atoms with E-state index in [4.69, 9.17) is 4.74 Å². The van der Waals surface area contributed by atoms with E-state index in [2.05, 4.69) is 31.1 Å². The number of aromatic nitrogens is 3. The van der Waals surface area contributed by atoms with Crippen molar-refractivity contribution in [3.63, 3.8) is 0 Å². The van der Waals surface area contributed by atoms with Crippen LogP contribution in [0.5, 0.6) is 0 Å². The number of rotatable bonds is 4. The highest BCUT2D eigenvalue weighted by Crippen LogP contribution is 2.33. The molecule has 0 amide bonds. The average molecular weight is 382 g/mol. The summed E-state index contributed by atoms with van der Waals surface area (Å²) in [6.07, 6.45) is 0.463. The van der Waals surface area contributed by atoms with Crippen LogP contribution in [0.1, 0.15) is 24.7 Å². The largest absolute Gasteiger partial charge is 0.366 e. The first-order valence-corrected chi connectivity index (χ1v) is 8.09. The highest BCUT2D eigenvalue weighted by atomic mass is 79.9. The number of nitrogens with one attached hydrogen (secondary N) is 1. The molecule has 1 N–H and O–H groups in total. The molecule has 1 aliphatic rings. The maximum absolute atomic E-state index is 11.3. The lowest BCUT2D eigenvalue weighted by atomic mass is 10.2. The van der Waals surface area contributed by atoms with Crippen LogP contribution in [0.15, 0.2) is 22.7 Å². The molecule has 9 heteroatoms. The minimum absolute atomic E-state index is 0.0734. The van der Waals surface area contributed by atoms with E-state index >= 15 is 0 Å². The molecule has 2 aromatic rings. The van der Waals surface area contributed by atoms with Crippen LogP contribution in [0, 0.1) is 10.1 Å². The monoisotopic (exact) mass is 381 g/mol. The number of benzene rings is 1. The predicted octanol–water partition coefficient (Wildman–Crippen LogP) is 2.62. The van der Waals surface area contributed by atoms with E-state index in [9.17, 15) is 10.1 Å². The summed E-state index contributed by atoms with van der Waals surface area (Å²) in [7, 11) is 0. The van der Waals surface area contributed by atoms with Crippen molar-refractivity contribution in [2.75, 3.05) is 24.6 Å². The Bertz CT molecular complexity index is 720. The molecule has 8 nitrogen and oxygen atoms in total. The fourth-order valence-corrected chi connectivity index (χ4v) is 2.90. The van der Waals surface area contributed by atoms with Crippen LogP contribution >= 0.6 is 15.9 Å². The molecule has 1 aromatic carbocycles. The van der Waals surface area contributed by atoms with E-state index in [1.54, 1.807) is 12.1 Å². The third-order valence-electron chi connectivity index (χ3n) is 3.71. The lowest BCUT2D eigenvalue weighted by Gasteiger charge is -2.33. The molecule has 0 saturated carbocycles. The quantitative estimate of drug-likeness (QED) is 0.645. The molecule has 0 bridgehead atoms. The van der Waals surface area contributed by atoms with Crippen molar-refractivity contribution >= 4 is 27.3 Å². The number of aromatic amines is 1. The van der Waals surface area contributed by atoms with Gasteiger partial charge in [0.25, 0.3) is 5.69 Å². The van der Waals surface area contributed by atoms with Crippen molar-refractivity contribution in [3.8, 4) is 0 Å². The van der Waals surface area contributed by atoms with Crippen LogP contribution in [-0.2, 0) is 11.2 Å². The van der Waals surface area contributed by atoms with Gasteiger partial charge in [0.2, 0.25) is 0 Å². The number of halogens is 1. The molecule has 23 heavy (non-hydrogen) atoms. The van der Waals surface area contributed by atoms with E-state index in [0.717, 1.165) is 12.2 Å². The highest BCUT2D eigenvalue weighted by Gasteiger charge is 2.29. The van der Waals surface area contributed by atoms with Crippen molar-refractivity contribution in [2.24, 2.45) is 0 Å². The maximum Gasteiger partial charge on any atom is 0.293 e. The van der Waals surface area contributed by atoms with E-state index in [0.29, 0.717) is 35.7 Å². The number of anilines is 1. The molecule has 122 valence electrons. The highest BCUT2D eigenvalue weighted by molar-refractivity contribution is 9.10. The third kappa shape index (κ3) is 3.35. The van der Waals surface area contributed by atoms with Gasteiger partial charge < -0.3 is 9.64 Å². The van der Waals surface area contributed by atoms with Crippen LogP contribution in [0.3, 0.4) is 0 Å². The van der Waals surface area contributed by atoms with Gasteiger partial charge in [-0.3, -0.25) is 15.2 Å². The Morgan fingerprint density at radius 3 is 3.09 bits per heavy atom. The van der Waals surface area contributed by atoms with Gasteiger partial charge in [0.15, 0.2) is 5.82 Å². The second-order valence-electron chi connectivity index (χ2n) is 5.19. The Labute approximate surface area is 141 Å². The van der Waals surface area contributed by atoms with Gasteiger partial charge in [-0.1, -0.05) is 22.9 Å². The van der Waals surface area contributed by atoms with Gasteiger partial charge in [0.05, 0.1) is 18.1 Å². The first-order valence-electron chi connectivity index (χ1n) is 7.30. The molecule has 0 aliphatic carbocycles. The fraction of sp³-hybridized carbons (Fsp3) is 0.429. The summed E-state index contributed by atoms with van der Waals surface area (Å²) in [4.78, 5) is 17.3. The van der Waals surface area contributed by atoms with Crippen LogP contribution in [0.25, 0.3) is 0 Å². The molecular weight excluding hydrogens is 366 g/mol. The summed E-state index contributed by atoms with van der Waals surface area (Å²) in [5.41, 5.74) is 0.655. The molecule has 1 aliphatic heterocycles. The Morgan fingerprint density at radius 1 is 1.57 bits per heavy atom. The molecule has 0 spiro atoms. The molecule has 1 fully saturated rings. The van der Waals surface area contributed by atoms with E-state index < -0.39 is 0 Å². The van der Waals surface area contributed by atoms with Crippen molar-refractivity contribution in [1.82, 2.24) is 15.2 Å². The Morgan fingerprint density at radius 2 is 2.39 bits per heavy atom. The molecule has 2 heterocycles. The second kappa shape index (κ2) is 6.63. The normalized spacial score (nSPS) is 18.2. The smallest absolute Gasteiger partial charge is 0.293 e. The van der Waals surface area contributed by atoms with Gasteiger partial charge in [-0.05, 0) is 12.1 Å². The van der Waals surface area contributed by atoms with Crippen molar-refractivity contribution < 1.29 is 9.66 Å². The minimum Gasteiger partial charge on any atom is -0.366 e. The summed E-state index contributed by atoms with van der Waals surface area (Å²) in [5, 5.41) is 18.4. The lowest BCUT2D eigenvalue weighted by Crippen LogP contribution is -2.39. The number of hydrogen-bond acceptors (Lipinski definition) is 6. The van der Waals surface area contributed by atoms with Crippen molar-refractivity contribution in [3.05, 3.63) is 44.4 Å². The third-order valence-corrected chi connectivity index (χ3v) is 4.21. The lowest BCUT2D eigenvalue weighted by molar-refractivity contribution is -0.384. The van der Waals surface area contributed by atoms with Gasteiger partial charge in [-0.2, -0.15) is 5.10 Å². The number of ether oxygens (including phenoxy) is 1. The van der Waals surface area contributed by atoms with E-state index in [1.807, 2.05) is 11.8 Å². The number of hydrogen-bond donors (Lipinski definition) is 1. The van der Waals surface area contributed by atoms with Crippen molar-refractivity contribution in [2.45, 2.75) is 19.4 Å². The molecule has 1 unspecified atom stereocenters. The van der Waals surface area contributed by atoms with Gasteiger partial charge in [0.1, 0.15) is 17.6 Å². The van der Waals surface area contributed by atoms with Gasteiger partial charge in [-0.15, -0.1) is 0 Å². The Hall–Kier alpha value is -2.00. The number of H-pyrrole nitrogens is 1. The van der Waals surface area contributed by atoms with Gasteiger partial charge >= 0.3 is 0 Å². The molecular formula is C14H16BrN5O3. The summed E-state index contributed by atoms with van der Waals surface area (Å²) in [5.74, 6) is 1.39. The molecule has 3 rings (SSSR count). The topological polar surface area (TPSA) is 97.2 Å². The predicted molar refractivity (Wildman–Crippen MR) is 87.5 cm³/mol. The second-order valence-corrected chi connectivity index (χ2v) is 6.11. The zero-order valence-corrected chi connectivity index (χ0v) is 14.1. The zero-order chi connectivity index (χ0) is 16.4. The average Bonchev–Trinajstić information content (AvgIpc) is 3.04. The number of aryl methyl sites for hydroxylation is 1. The number of morpholine rings is 1. The molecule has 1 saturated heterocycles. The summed E-state index contributed by atoms with van der Waals surface area (Å²) >= 11 is 3.28. The molecule has 1 aromatic heterocycles. The van der Waals surface area contributed by atoms with Gasteiger partial charge in [0, 0.05) is 23.5 Å². The SMILES string of the molecule is CCc1nc(C2CN(c3ccc(Br)cc3[N+](=O)[O-])CCO2)n[nH]1. The fourth-order valence-electron chi connectivity index (χ4n) is 2.55. The van der Waals surface area contributed by atoms with Crippen LogP contribution in [-0.4, -0.2) is 39.8 Å². The molecule has 1 atom stereocenters. The summed E-state index contributed by atoms with van der Waals surface area (Å²) in [6, 6.07) is 5.07.